The van der Waals surface area contributed by atoms with Crippen molar-refractivity contribution < 1.29 is 9.53 Å². The first kappa shape index (κ1) is 11.9. The highest BCUT2D eigenvalue weighted by Gasteiger charge is 2.38. The number of methoxy groups -OCH3 is 1. The van der Waals surface area contributed by atoms with Crippen molar-refractivity contribution >= 4 is 5.91 Å². The standard InChI is InChI=1S/C13H18N2O2/c1-3-15-12(16)8-10(14)13(15)9-6-4-5-7-11(9)17-2/h4-7,10,13H,3,8,14H2,1-2H3. The maximum atomic E-state index is 11.8. The van der Waals surface area contributed by atoms with Gasteiger partial charge >= 0.3 is 0 Å². The van der Waals surface area contributed by atoms with E-state index in [1.165, 1.54) is 0 Å². The van der Waals surface area contributed by atoms with Gasteiger partial charge in [-0.15, -0.1) is 0 Å². The molecule has 17 heavy (non-hydrogen) atoms. The van der Waals surface area contributed by atoms with E-state index >= 15 is 0 Å². The number of likely N-dealkylation sites (N-methyl/N-ethyl adjacent to an activating group) is 1. The summed E-state index contributed by atoms with van der Waals surface area (Å²) in [6.45, 7) is 2.65. The summed E-state index contributed by atoms with van der Waals surface area (Å²) in [6.07, 6.45) is 0.413. The predicted molar refractivity (Wildman–Crippen MR) is 65.7 cm³/mol. The van der Waals surface area contributed by atoms with E-state index in [1.54, 1.807) is 7.11 Å². The smallest absolute Gasteiger partial charge is 0.224 e. The van der Waals surface area contributed by atoms with Crippen LogP contribution in [0.1, 0.15) is 24.9 Å². The molecule has 4 heteroatoms. The molecule has 0 saturated carbocycles. The maximum absolute atomic E-state index is 11.8. The molecule has 1 heterocycles. The van der Waals surface area contributed by atoms with E-state index in [0.717, 1.165) is 11.3 Å². The first-order valence-electron chi connectivity index (χ1n) is 5.87. The van der Waals surface area contributed by atoms with Crippen LogP contribution in [0.5, 0.6) is 5.75 Å². The average molecular weight is 234 g/mol. The van der Waals surface area contributed by atoms with Crippen molar-refractivity contribution in [3.63, 3.8) is 0 Å². The van der Waals surface area contributed by atoms with Gasteiger partial charge in [0.15, 0.2) is 0 Å². The molecule has 0 aromatic heterocycles. The van der Waals surface area contributed by atoms with Gasteiger partial charge in [-0.25, -0.2) is 0 Å². The molecule has 2 unspecified atom stereocenters. The summed E-state index contributed by atoms with van der Waals surface area (Å²) in [5.74, 6) is 0.914. The lowest BCUT2D eigenvalue weighted by atomic mass is 10.00. The Labute approximate surface area is 101 Å². The second-order valence-corrected chi connectivity index (χ2v) is 4.23. The molecule has 1 aromatic carbocycles. The Morgan fingerprint density at radius 2 is 2.18 bits per heavy atom. The number of hydrogen-bond donors (Lipinski definition) is 1. The number of para-hydroxylation sites is 1. The van der Waals surface area contributed by atoms with Gasteiger partial charge in [0.25, 0.3) is 0 Å². The Bertz CT molecular complexity index is 420. The molecule has 4 nitrogen and oxygen atoms in total. The van der Waals surface area contributed by atoms with Gasteiger partial charge in [-0.05, 0) is 13.0 Å². The van der Waals surface area contributed by atoms with Gasteiger partial charge in [-0.3, -0.25) is 4.79 Å². The van der Waals surface area contributed by atoms with Crippen LogP contribution in [0.25, 0.3) is 0 Å². The van der Waals surface area contributed by atoms with Crippen LogP contribution in [0.15, 0.2) is 24.3 Å². The number of nitrogens with two attached hydrogens (primary N) is 1. The lowest BCUT2D eigenvalue weighted by molar-refractivity contribution is -0.128. The molecule has 0 spiro atoms. The van der Waals surface area contributed by atoms with Crippen molar-refractivity contribution in [2.45, 2.75) is 25.4 Å². The highest BCUT2D eigenvalue weighted by Crippen LogP contribution is 2.36. The molecule has 1 aliphatic heterocycles. The summed E-state index contributed by atoms with van der Waals surface area (Å²) in [4.78, 5) is 13.6. The SMILES string of the molecule is CCN1C(=O)CC(N)C1c1ccccc1OC. The summed E-state index contributed by atoms with van der Waals surface area (Å²) in [5, 5.41) is 0. The van der Waals surface area contributed by atoms with E-state index < -0.39 is 0 Å². The van der Waals surface area contributed by atoms with Crippen molar-refractivity contribution in [3.05, 3.63) is 29.8 Å². The number of ether oxygens (including phenoxy) is 1. The molecule has 0 aliphatic carbocycles. The normalized spacial score (nSPS) is 24.2. The molecule has 0 radical (unpaired) electrons. The van der Waals surface area contributed by atoms with E-state index in [1.807, 2.05) is 36.1 Å². The highest BCUT2D eigenvalue weighted by atomic mass is 16.5. The molecular formula is C13H18N2O2. The van der Waals surface area contributed by atoms with Crippen molar-refractivity contribution in [2.75, 3.05) is 13.7 Å². The van der Waals surface area contributed by atoms with Crippen LogP contribution in [-0.4, -0.2) is 30.5 Å². The third-order valence-corrected chi connectivity index (χ3v) is 3.27. The molecule has 1 aromatic rings. The summed E-state index contributed by atoms with van der Waals surface area (Å²) in [7, 11) is 1.64. The first-order valence-corrected chi connectivity index (χ1v) is 5.87. The molecule has 2 rings (SSSR count). The molecule has 2 atom stereocenters. The summed E-state index contributed by atoms with van der Waals surface area (Å²) in [5.41, 5.74) is 7.07. The minimum atomic E-state index is -0.154. The lowest BCUT2D eigenvalue weighted by Gasteiger charge is -2.27. The highest BCUT2D eigenvalue weighted by molar-refractivity contribution is 5.80. The predicted octanol–water partition coefficient (Wildman–Crippen LogP) is 1.32. The second kappa shape index (κ2) is 4.75. The molecule has 1 saturated heterocycles. The number of amides is 1. The largest absolute Gasteiger partial charge is 0.496 e. The van der Waals surface area contributed by atoms with Gasteiger partial charge in [0.05, 0.1) is 13.2 Å². The van der Waals surface area contributed by atoms with Crippen molar-refractivity contribution in [1.82, 2.24) is 4.90 Å². The number of likely N-dealkylation sites (tertiary alicyclic amines) is 1. The Morgan fingerprint density at radius 3 is 2.82 bits per heavy atom. The molecule has 1 fully saturated rings. The van der Waals surface area contributed by atoms with E-state index in [9.17, 15) is 4.79 Å². The summed E-state index contributed by atoms with van der Waals surface area (Å²) < 4.78 is 5.34. The van der Waals surface area contributed by atoms with Crippen LogP contribution in [0, 0.1) is 0 Å². The molecule has 1 amide bonds. The molecule has 92 valence electrons. The Morgan fingerprint density at radius 1 is 1.47 bits per heavy atom. The van der Waals surface area contributed by atoms with E-state index in [4.69, 9.17) is 10.5 Å². The molecule has 2 N–H and O–H groups in total. The van der Waals surface area contributed by atoms with Crippen LogP contribution in [0.3, 0.4) is 0 Å². The second-order valence-electron chi connectivity index (χ2n) is 4.23. The van der Waals surface area contributed by atoms with E-state index in [2.05, 4.69) is 0 Å². The Hall–Kier alpha value is -1.55. The zero-order chi connectivity index (χ0) is 12.4. The van der Waals surface area contributed by atoms with Crippen molar-refractivity contribution in [1.29, 1.82) is 0 Å². The topological polar surface area (TPSA) is 55.6 Å². The summed E-state index contributed by atoms with van der Waals surface area (Å²) >= 11 is 0. The van der Waals surface area contributed by atoms with Crippen LogP contribution >= 0.6 is 0 Å². The molecule has 0 bridgehead atoms. The van der Waals surface area contributed by atoms with Gasteiger partial charge in [0, 0.05) is 24.6 Å². The first-order chi connectivity index (χ1) is 8.19. The van der Waals surface area contributed by atoms with Gasteiger partial charge in [-0.2, -0.15) is 0 Å². The van der Waals surface area contributed by atoms with Crippen molar-refractivity contribution in [3.8, 4) is 5.75 Å². The maximum Gasteiger partial charge on any atom is 0.224 e. The third kappa shape index (κ3) is 2.00. The fraction of sp³-hybridized carbons (Fsp3) is 0.462. The van der Waals surface area contributed by atoms with Crippen LogP contribution in [0.2, 0.25) is 0 Å². The minimum Gasteiger partial charge on any atom is -0.496 e. The van der Waals surface area contributed by atoms with E-state index in [-0.39, 0.29) is 18.0 Å². The lowest BCUT2D eigenvalue weighted by Crippen LogP contribution is -2.33. The van der Waals surface area contributed by atoms with Crippen molar-refractivity contribution in [2.24, 2.45) is 5.73 Å². The zero-order valence-corrected chi connectivity index (χ0v) is 10.2. The Kier molecular flexibility index (Phi) is 3.33. The number of nitrogens with zero attached hydrogens (tertiary/aromatic N) is 1. The quantitative estimate of drug-likeness (QED) is 0.858. The van der Waals surface area contributed by atoms with Crippen LogP contribution < -0.4 is 10.5 Å². The monoisotopic (exact) mass is 234 g/mol. The number of hydrogen-bond acceptors (Lipinski definition) is 3. The van der Waals surface area contributed by atoms with Gasteiger partial charge < -0.3 is 15.4 Å². The number of carbonyl (C=O) groups is 1. The fourth-order valence-corrected chi connectivity index (χ4v) is 2.50. The molecule has 1 aliphatic rings. The average Bonchev–Trinajstić information content (AvgIpc) is 2.63. The number of benzene rings is 1. The Balaban J connectivity index is 2.40. The fourth-order valence-electron chi connectivity index (χ4n) is 2.50. The third-order valence-electron chi connectivity index (χ3n) is 3.27. The van der Waals surface area contributed by atoms with Crippen LogP contribution in [0.4, 0.5) is 0 Å². The zero-order valence-electron chi connectivity index (χ0n) is 10.2. The summed E-state index contributed by atoms with van der Waals surface area (Å²) in [6, 6.07) is 7.52. The van der Waals surface area contributed by atoms with Gasteiger partial charge in [0.1, 0.15) is 5.75 Å². The molecular weight excluding hydrogens is 216 g/mol. The minimum absolute atomic E-state index is 0.0661. The van der Waals surface area contributed by atoms with E-state index in [0.29, 0.717) is 13.0 Å². The van der Waals surface area contributed by atoms with Gasteiger partial charge in [0.2, 0.25) is 5.91 Å². The van der Waals surface area contributed by atoms with Gasteiger partial charge in [-0.1, -0.05) is 18.2 Å². The number of rotatable bonds is 3. The number of carbonyl (C=O) groups excluding carboxylic acids is 1. The van der Waals surface area contributed by atoms with Crippen LogP contribution in [-0.2, 0) is 4.79 Å².